The minimum atomic E-state index is -4.02. The average Bonchev–Trinajstić information content (AvgIpc) is 2.62. The molecule has 140 valence electrons. The molecule has 2 N–H and O–H groups in total. The number of hydrogen-bond acceptors (Lipinski definition) is 5. The van der Waals surface area contributed by atoms with Crippen molar-refractivity contribution in [2.24, 2.45) is 5.14 Å². The van der Waals surface area contributed by atoms with Gasteiger partial charge in [-0.05, 0) is 35.9 Å². The van der Waals surface area contributed by atoms with E-state index in [1.165, 1.54) is 46.8 Å². The molecule has 1 aliphatic heterocycles. The molecule has 0 amide bonds. The summed E-state index contributed by atoms with van der Waals surface area (Å²) >= 11 is 0. The molecule has 26 heavy (non-hydrogen) atoms. The molecule has 1 aliphatic rings. The van der Waals surface area contributed by atoms with Crippen molar-refractivity contribution < 1.29 is 26.0 Å². The molecule has 3 rings (SSSR count). The molecule has 1 heterocycles. The number of sulfonamides is 2. The first kappa shape index (κ1) is 18.9. The standard InChI is InChI=1S/C16H17FN2O5S2/c17-13-6-4-12(5-7-13)16-11-19(8-9-24-16)26(22,23)15-3-1-2-14(10-15)25(18,20)21/h1-7,10,16H,8-9,11H2,(H2,18,20,21). The molecule has 1 atom stereocenters. The van der Waals surface area contributed by atoms with E-state index in [1.807, 2.05) is 0 Å². The number of rotatable bonds is 4. The number of ether oxygens (including phenoxy) is 1. The summed E-state index contributed by atoms with van der Waals surface area (Å²) in [6.45, 7) is 0.323. The number of hydrogen-bond donors (Lipinski definition) is 1. The maximum atomic E-state index is 13.1. The normalized spacial score (nSPS) is 19.4. The van der Waals surface area contributed by atoms with Gasteiger partial charge in [0.1, 0.15) is 5.82 Å². The van der Waals surface area contributed by atoms with Crippen molar-refractivity contribution >= 4 is 20.0 Å². The third-order valence-electron chi connectivity index (χ3n) is 4.04. The van der Waals surface area contributed by atoms with Crippen molar-refractivity contribution in [3.8, 4) is 0 Å². The summed E-state index contributed by atoms with van der Waals surface area (Å²) in [5, 5.41) is 5.07. The van der Waals surface area contributed by atoms with Crippen LogP contribution in [0, 0.1) is 5.82 Å². The van der Waals surface area contributed by atoms with E-state index in [0.29, 0.717) is 5.56 Å². The minimum absolute atomic E-state index is 0.0353. The number of halogens is 1. The van der Waals surface area contributed by atoms with Crippen LogP contribution >= 0.6 is 0 Å². The molecule has 0 aromatic heterocycles. The molecule has 1 saturated heterocycles. The van der Waals surface area contributed by atoms with Gasteiger partial charge in [0, 0.05) is 13.1 Å². The second-order valence-electron chi connectivity index (χ2n) is 5.79. The molecule has 1 unspecified atom stereocenters. The predicted molar refractivity (Wildman–Crippen MR) is 91.7 cm³/mol. The Morgan fingerprint density at radius 3 is 2.35 bits per heavy atom. The first-order valence-electron chi connectivity index (χ1n) is 7.68. The Balaban J connectivity index is 1.88. The highest BCUT2D eigenvalue weighted by Crippen LogP contribution is 2.27. The Hall–Kier alpha value is -1.85. The summed E-state index contributed by atoms with van der Waals surface area (Å²) in [5.41, 5.74) is 0.657. The van der Waals surface area contributed by atoms with Gasteiger partial charge < -0.3 is 4.74 Å². The monoisotopic (exact) mass is 400 g/mol. The third kappa shape index (κ3) is 3.94. The van der Waals surface area contributed by atoms with Crippen LogP contribution in [0.1, 0.15) is 11.7 Å². The Morgan fingerprint density at radius 2 is 1.69 bits per heavy atom. The van der Waals surface area contributed by atoms with Gasteiger partial charge in [-0.3, -0.25) is 0 Å². The fraction of sp³-hybridized carbons (Fsp3) is 0.250. The van der Waals surface area contributed by atoms with Crippen LogP contribution in [0.15, 0.2) is 58.3 Å². The maximum absolute atomic E-state index is 13.1. The molecule has 0 spiro atoms. The van der Waals surface area contributed by atoms with Crippen molar-refractivity contribution in [2.45, 2.75) is 15.9 Å². The van der Waals surface area contributed by atoms with E-state index in [-0.39, 0.29) is 29.5 Å². The second kappa shape index (κ2) is 7.05. The van der Waals surface area contributed by atoms with E-state index >= 15 is 0 Å². The van der Waals surface area contributed by atoms with E-state index in [9.17, 15) is 21.2 Å². The van der Waals surface area contributed by atoms with Crippen LogP contribution in [0.25, 0.3) is 0 Å². The van der Waals surface area contributed by atoms with E-state index in [4.69, 9.17) is 9.88 Å². The zero-order chi connectivity index (χ0) is 18.9. The lowest BCUT2D eigenvalue weighted by Gasteiger charge is -2.32. The first-order valence-corrected chi connectivity index (χ1v) is 10.7. The largest absolute Gasteiger partial charge is 0.371 e. The van der Waals surface area contributed by atoms with Gasteiger partial charge in [-0.15, -0.1) is 0 Å². The summed E-state index contributed by atoms with van der Waals surface area (Å²) in [7, 11) is -7.95. The molecule has 2 aromatic carbocycles. The van der Waals surface area contributed by atoms with Gasteiger partial charge in [0.05, 0.1) is 22.5 Å². The van der Waals surface area contributed by atoms with E-state index < -0.39 is 32.0 Å². The fourth-order valence-corrected chi connectivity index (χ4v) is 4.79. The summed E-state index contributed by atoms with van der Waals surface area (Å²) in [4.78, 5) is -0.439. The summed E-state index contributed by atoms with van der Waals surface area (Å²) in [6, 6.07) is 10.5. The summed E-state index contributed by atoms with van der Waals surface area (Å²) < 4.78 is 68.6. The van der Waals surface area contributed by atoms with Gasteiger partial charge in [-0.25, -0.2) is 26.4 Å². The van der Waals surface area contributed by atoms with Gasteiger partial charge in [-0.2, -0.15) is 4.31 Å². The van der Waals surface area contributed by atoms with Crippen molar-refractivity contribution in [3.05, 3.63) is 59.9 Å². The Bertz CT molecular complexity index is 1010. The first-order chi connectivity index (χ1) is 12.2. The molecule has 0 radical (unpaired) electrons. The number of morpholine rings is 1. The highest BCUT2D eigenvalue weighted by atomic mass is 32.2. The molecule has 0 bridgehead atoms. The second-order valence-corrected chi connectivity index (χ2v) is 9.29. The Kier molecular flexibility index (Phi) is 5.13. The quantitative estimate of drug-likeness (QED) is 0.831. The Labute approximate surface area is 151 Å². The highest BCUT2D eigenvalue weighted by molar-refractivity contribution is 7.90. The summed E-state index contributed by atoms with van der Waals surface area (Å²) in [6.07, 6.45) is -0.541. The molecule has 7 nitrogen and oxygen atoms in total. The number of nitrogens with zero attached hydrogens (tertiary/aromatic N) is 1. The van der Waals surface area contributed by atoms with Crippen molar-refractivity contribution in [3.63, 3.8) is 0 Å². The SMILES string of the molecule is NS(=O)(=O)c1cccc(S(=O)(=O)N2CCOC(c3ccc(F)cc3)C2)c1. The van der Waals surface area contributed by atoms with E-state index in [0.717, 1.165) is 6.07 Å². The molecule has 0 saturated carbocycles. The predicted octanol–water partition coefficient (Wildman–Crippen LogP) is 1.24. The van der Waals surface area contributed by atoms with Gasteiger partial charge in [-0.1, -0.05) is 18.2 Å². The van der Waals surface area contributed by atoms with Crippen molar-refractivity contribution in [2.75, 3.05) is 19.7 Å². The van der Waals surface area contributed by atoms with Gasteiger partial charge >= 0.3 is 0 Å². The van der Waals surface area contributed by atoms with Crippen LogP contribution in [0.5, 0.6) is 0 Å². The lowest BCUT2D eigenvalue weighted by molar-refractivity contribution is -0.00259. The van der Waals surface area contributed by atoms with E-state index in [2.05, 4.69) is 0 Å². The maximum Gasteiger partial charge on any atom is 0.243 e. The van der Waals surface area contributed by atoms with Gasteiger partial charge in [0.15, 0.2) is 0 Å². The highest BCUT2D eigenvalue weighted by Gasteiger charge is 2.32. The lowest BCUT2D eigenvalue weighted by Crippen LogP contribution is -2.42. The fourth-order valence-electron chi connectivity index (χ4n) is 2.68. The average molecular weight is 400 g/mol. The molecule has 1 fully saturated rings. The molecule has 0 aliphatic carbocycles. The van der Waals surface area contributed by atoms with Crippen LogP contribution in [0.4, 0.5) is 4.39 Å². The summed E-state index contributed by atoms with van der Waals surface area (Å²) in [5.74, 6) is -0.395. The van der Waals surface area contributed by atoms with E-state index in [1.54, 1.807) is 0 Å². The van der Waals surface area contributed by atoms with Crippen LogP contribution < -0.4 is 5.14 Å². The van der Waals surface area contributed by atoms with Crippen LogP contribution in [0.2, 0.25) is 0 Å². The van der Waals surface area contributed by atoms with Crippen LogP contribution in [-0.4, -0.2) is 40.8 Å². The topological polar surface area (TPSA) is 107 Å². The molecular weight excluding hydrogens is 383 g/mol. The molecule has 2 aromatic rings. The van der Waals surface area contributed by atoms with Gasteiger partial charge in [0.2, 0.25) is 20.0 Å². The zero-order valence-corrected chi connectivity index (χ0v) is 15.2. The zero-order valence-electron chi connectivity index (χ0n) is 13.6. The number of nitrogens with two attached hydrogens (primary N) is 1. The minimum Gasteiger partial charge on any atom is -0.371 e. The molecule has 10 heteroatoms. The lowest BCUT2D eigenvalue weighted by atomic mass is 10.1. The van der Waals surface area contributed by atoms with Crippen molar-refractivity contribution in [1.82, 2.24) is 4.31 Å². The number of benzene rings is 2. The van der Waals surface area contributed by atoms with Crippen molar-refractivity contribution in [1.29, 1.82) is 0 Å². The molecular formula is C16H17FN2O5S2. The Morgan fingerprint density at radius 1 is 1.04 bits per heavy atom. The third-order valence-corrected chi connectivity index (χ3v) is 6.81. The number of primary sulfonamides is 1. The smallest absolute Gasteiger partial charge is 0.243 e. The van der Waals surface area contributed by atoms with Crippen LogP contribution in [0.3, 0.4) is 0 Å². The van der Waals surface area contributed by atoms with Crippen LogP contribution in [-0.2, 0) is 24.8 Å². The van der Waals surface area contributed by atoms with Gasteiger partial charge in [0.25, 0.3) is 0 Å².